The second kappa shape index (κ2) is 4.94. The zero-order chi connectivity index (χ0) is 12.5. The molecule has 0 radical (unpaired) electrons. The minimum Gasteiger partial charge on any atom is -0.387 e. The number of hydrogen-bond donors (Lipinski definition) is 1. The fraction of sp³-hybridized carbons (Fsp3) is 0.727. The van der Waals surface area contributed by atoms with Crippen LogP contribution in [0.4, 0.5) is 13.2 Å². The van der Waals surface area contributed by atoms with Crippen molar-refractivity contribution in [3.63, 3.8) is 0 Å². The first-order valence-electron chi connectivity index (χ1n) is 5.69. The molecule has 0 amide bonds. The second-order valence-electron chi connectivity index (χ2n) is 4.41. The quantitative estimate of drug-likeness (QED) is 0.882. The maximum atomic E-state index is 12.4. The van der Waals surface area contributed by atoms with E-state index in [0.717, 1.165) is 38.3 Å². The van der Waals surface area contributed by atoms with Crippen LogP contribution in [0.2, 0.25) is 0 Å². The molecule has 0 aliphatic heterocycles. The van der Waals surface area contributed by atoms with Crippen molar-refractivity contribution in [3.8, 4) is 0 Å². The highest BCUT2D eigenvalue weighted by Crippen LogP contribution is 2.39. The van der Waals surface area contributed by atoms with Crippen molar-refractivity contribution < 1.29 is 18.3 Å². The largest absolute Gasteiger partial charge is 0.443 e. The lowest BCUT2D eigenvalue weighted by Crippen LogP contribution is -2.14. The van der Waals surface area contributed by atoms with Crippen LogP contribution >= 0.6 is 11.3 Å². The molecule has 1 heterocycles. The summed E-state index contributed by atoms with van der Waals surface area (Å²) in [6.45, 7) is 0. The maximum Gasteiger partial charge on any atom is 0.443 e. The van der Waals surface area contributed by atoms with E-state index in [1.807, 2.05) is 0 Å². The van der Waals surface area contributed by atoms with Gasteiger partial charge < -0.3 is 5.11 Å². The van der Waals surface area contributed by atoms with E-state index in [2.05, 4.69) is 4.98 Å². The van der Waals surface area contributed by atoms with Crippen LogP contribution in [0.3, 0.4) is 0 Å². The van der Waals surface area contributed by atoms with Crippen LogP contribution in [-0.4, -0.2) is 10.1 Å². The van der Waals surface area contributed by atoms with Crippen LogP contribution < -0.4 is 0 Å². The smallest absolute Gasteiger partial charge is 0.387 e. The molecule has 1 atom stereocenters. The van der Waals surface area contributed by atoms with E-state index in [-0.39, 0.29) is 5.92 Å². The van der Waals surface area contributed by atoms with Crippen LogP contribution in [0.1, 0.15) is 48.1 Å². The molecule has 1 aromatic heterocycles. The summed E-state index contributed by atoms with van der Waals surface area (Å²) in [5.41, 5.74) is 0. The van der Waals surface area contributed by atoms with Gasteiger partial charge >= 0.3 is 6.18 Å². The summed E-state index contributed by atoms with van der Waals surface area (Å²) in [6.07, 6.45) is 0.992. The van der Waals surface area contributed by atoms with E-state index in [4.69, 9.17) is 0 Å². The number of aromatic nitrogens is 1. The Morgan fingerprint density at radius 2 is 1.94 bits per heavy atom. The van der Waals surface area contributed by atoms with Crippen molar-refractivity contribution in [2.24, 2.45) is 5.92 Å². The van der Waals surface area contributed by atoms with Crippen LogP contribution in [0, 0.1) is 5.92 Å². The van der Waals surface area contributed by atoms with Gasteiger partial charge in [-0.3, -0.25) is 0 Å². The Labute approximate surface area is 101 Å². The van der Waals surface area contributed by atoms with Gasteiger partial charge in [-0.25, -0.2) is 4.98 Å². The predicted octanol–water partition coefficient (Wildman–Crippen LogP) is 3.78. The molecule has 2 rings (SSSR count). The first-order chi connectivity index (χ1) is 7.98. The molecule has 6 heteroatoms. The summed E-state index contributed by atoms with van der Waals surface area (Å²) in [6, 6.07) is 0. The zero-order valence-corrected chi connectivity index (χ0v) is 10.0. The Balaban J connectivity index is 2.08. The highest BCUT2D eigenvalue weighted by atomic mass is 32.1. The lowest BCUT2D eigenvalue weighted by Gasteiger charge is -2.25. The predicted molar refractivity (Wildman–Crippen MR) is 58.7 cm³/mol. The lowest BCUT2D eigenvalue weighted by atomic mass is 9.85. The van der Waals surface area contributed by atoms with Crippen LogP contribution in [-0.2, 0) is 6.18 Å². The number of alkyl halides is 3. The topological polar surface area (TPSA) is 33.1 Å². The minimum atomic E-state index is -4.41. The van der Waals surface area contributed by atoms with Gasteiger partial charge in [0.2, 0.25) is 0 Å². The van der Waals surface area contributed by atoms with Gasteiger partial charge in [0.15, 0.2) is 5.01 Å². The van der Waals surface area contributed by atoms with E-state index < -0.39 is 17.3 Å². The van der Waals surface area contributed by atoms with Gasteiger partial charge in [-0.1, -0.05) is 19.3 Å². The first kappa shape index (κ1) is 12.8. The van der Waals surface area contributed by atoms with Crippen molar-refractivity contribution in [2.75, 3.05) is 0 Å². The molecule has 0 aromatic carbocycles. The van der Waals surface area contributed by atoms with Crippen molar-refractivity contribution in [1.82, 2.24) is 4.98 Å². The molecule has 1 aromatic rings. The fourth-order valence-corrected chi connectivity index (χ4v) is 3.10. The van der Waals surface area contributed by atoms with E-state index >= 15 is 0 Å². The zero-order valence-electron chi connectivity index (χ0n) is 9.20. The molecule has 1 N–H and O–H groups in total. The fourth-order valence-electron chi connectivity index (χ4n) is 2.24. The molecular weight excluding hydrogens is 251 g/mol. The number of rotatable bonds is 2. The molecule has 0 spiro atoms. The monoisotopic (exact) mass is 265 g/mol. The van der Waals surface area contributed by atoms with Crippen molar-refractivity contribution in [3.05, 3.63) is 16.1 Å². The lowest BCUT2D eigenvalue weighted by molar-refractivity contribution is -0.137. The summed E-state index contributed by atoms with van der Waals surface area (Å²) in [5, 5.41) is 9.15. The van der Waals surface area contributed by atoms with Gasteiger partial charge in [0.05, 0.1) is 11.0 Å². The number of aliphatic hydroxyl groups excluding tert-OH is 1. The Kier molecular flexibility index (Phi) is 3.73. The molecule has 0 saturated heterocycles. The number of thiazole rings is 1. The van der Waals surface area contributed by atoms with Gasteiger partial charge in [0, 0.05) is 6.20 Å². The van der Waals surface area contributed by atoms with E-state index in [9.17, 15) is 18.3 Å². The average Bonchev–Trinajstić information content (AvgIpc) is 2.78. The summed E-state index contributed by atoms with van der Waals surface area (Å²) < 4.78 is 37.1. The molecular formula is C11H14F3NOS. The van der Waals surface area contributed by atoms with Gasteiger partial charge in [-0.05, 0) is 18.8 Å². The van der Waals surface area contributed by atoms with Crippen LogP contribution in [0.5, 0.6) is 0 Å². The number of hydrogen-bond acceptors (Lipinski definition) is 3. The molecule has 1 saturated carbocycles. The third kappa shape index (κ3) is 2.98. The van der Waals surface area contributed by atoms with Gasteiger partial charge in [-0.2, -0.15) is 13.2 Å². The molecule has 1 fully saturated rings. The van der Waals surface area contributed by atoms with Gasteiger partial charge in [0.1, 0.15) is 0 Å². The van der Waals surface area contributed by atoms with Crippen LogP contribution in [0.25, 0.3) is 0 Å². The average molecular weight is 265 g/mol. The van der Waals surface area contributed by atoms with Crippen LogP contribution in [0.15, 0.2) is 6.20 Å². The molecule has 96 valence electrons. The number of halogens is 3. The normalized spacial score (nSPS) is 20.5. The van der Waals surface area contributed by atoms with E-state index in [1.54, 1.807) is 0 Å². The van der Waals surface area contributed by atoms with Crippen molar-refractivity contribution >= 4 is 11.3 Å². The molecule has 1 aliphatic carbocycles. The van der Waals surface area contributed by atoms with Gasteiger partial charge in [0.25, 0.3) is 0 Å². The molecule has 17 heavy (non-hydrogen) atoms. The molecule has 1 unspecified atom stereocenters. The van der Waals surface area contributed by atoms with Gasteiger partial charge in [-0.15, -0.1) is 11.3 Å². The molecule has 1 aliphatic rings. The highest BCUT2D eigenvalue weighted by molar-refractivity contribution is 7.11. The Hall–Kier alpha value is -0.620. The highest BCUT2D eigenvalue weighted by Gasteiger charge is 2.36. The van der Waals surface area contributed by atoms with E-state index in [0.29, 0.717) is 16.2 Å². The summed E-state index contributed by atoms with van der Waals surface area (Å²) >= 11 is 0.555. The molecule has 2 nitrogen and oxygen atoms in total. The summed E-state index contributed by atoms with van der Waals surface area (Å²) in [5.74, 6) is 0.0882. The third-order valence-electron chi connectivity index (χ3n) is 3.15. The minimum absolute atomic E-state index is 0.0882. The SMILES string of the molecule is OC(c1cnc(C(F)(F)F)s1)C1CCCCC1. The van der Waals surface area contributed by atoms with Crippen molar-refractivity contribution in [1.29, 1.82) is 0 Å². The third-order valence-corrected chi connectivity index (χ3v) is 4.27. The van der Waals surface area contributed by atoms with E-state index in [1.165, 1.54) is 0 Å². The van der Waals surface area contributed by atoms with Crippen molar-refractivity contribution in [2.45, 2.75) is 44.4 Å². The summed E-state index contributed by atoms with van der Waals surface area (Å²) in [7, 11) is 0. The standard InChI is InChI=1S/C11H14F3NOS/c12-11(13,14)10-15-6-8(17-10)9(16)7-4-2-1-3-5-7/h6-7,9,16H,1-5H2. The Bertz CT molecular complexity index is 371. The number of nitrogens with zero attached hydrogens (tertiary/aromatic N) is 1. The second-order valence-corrected chi connectivity index (χ2v) is 5.47. The maximum absolute atomic E-state index is 12.4. The first-order valence-corrected chi connectivity index (χ1v) is 6.51. The molecule has 0 bridgehead atoms. The Morgan fingerprint density at radius 3 is 2.47 bits per heavy atom. The number of aliphatic hydroxyl groups is 1. The Morgan fingerprint density at radius 1 is 1.29 bits per heavy atom. The summed E-state index contributed by atoms with van der Waals surface area (Å²) in [4.78, 5) is 3.67.